The zero-order valence-electron chi connectivity index (χ0n) is 14.6. The van der Waals surface area contributed by atoms with E-state index < -0.39 is 0 Å². The Balaban J connectivity index is 1.11. The van der Waals surface area contributed by atoms with Crippen molar-refractivity contribution in [3.05, 3.63) is 23.8 Å². The van der Waals surface area contributed by atoms with E-state index in [1.54, 1.807) is 0 Å². The predicted molar refractivity (Wildman–Crippen MR) is 93.5 cm³/mol. The number of hydrogen-bond donors (Lipinski definition) is 0. The summed E-state index contributed by atoms with van der Waals surface area (Å²) in [5.41, 5.74) is 1.15. The van der Waals surface area contributed by atoms with Gasteiger partial charge in [-0.1, -0.05) is 51.0 Å². The van der Waals surface area contributed by atoms with Crippen LogP contribution in [-0.4, -0.2) is 26.1 Å². The third-order valence-corrected chi connectivity index (χ3v) is 4.67. The first-order chi connectivity index (χ1) is 11.9. The molecule has 134 valence electrons. The van der Waals surface area contributed by atoms with Crippen LogP contribution in [0.3, 0.4) is 0 Å². The number of ether oxygens (including phenoxy) is 4. The third kappa shape index (κ3) is 6.33. The van der Waals surface area contributed by atoms with Crippen LogP contribution in [0.2, 0.25) is 0 Å². The van der Waals surface area contributed by atoms with Gasteiger partial charge < -0.3 is 18.9 Å². The zero-order chi connectivity index (χ0) is 16.5. The van der Waals surface area contributed by atoms with Crippen LogP contribution in [0, 0.1) is 0 Å². The standard InChI is InChI=1S/C20H30O4/c1(3-5-7-9-18-15-22-18)2-4-6-8-12-21-14-17-10-11-19-20(13-17)24-16-23-19/h10-11,13,18H,1-9,12,14-16H2. The molecule has 0 N–H and O–H groups in total. The van der Waals surface area contributed by atoms with Crippen LogP contribution in [0.25, 0.3) is 0 Å². The molecule has 0 radical (unpaired) electrons. The number of epoxide rings is 1. The van der Waals surface area contributed by atoms with Gasteiger partial charge in [0, 0.05) is 6.61 Å². The minimum atomic E-state index is 0.328. The second kappa shape index (κ2) is 9.90. The molecule has 1 saturated heterocycles. The summed E-state index contributed by atoms with van der Waals surface area (Å²) in [5, 5.41) is 0. The van der Waals surface area contributed by atoms with E-state index in [9.17, 15) is 0 Å². The lowest BCUT2D eigenvalue weighted by Crippen LogP contribution is -1.96. The van der Waals surface area contributed by atoms with Crippen LogP contribution < -0.4 is 9.47 Å². The van der Waals surface area contributed by atoms with Crippen LogP contribution in [0.15, 0.2) is 18.2 Å². The summed E-state index contributed by atoms with van der Waals surface area (Å²) in [7, 11) is 0. The van der Waals surface area contributed by atoms with Crippen LogP contribution in [0.5, 0.6) is 11.5 Å². The van der Waals surface area contributed by atoms with Crippen molar-refractivity contribution in [2.75, 3.05) is 20.0 Å². The van der Waals surface area contributed by atoms with E-state index in [4.69, 9.17) is 18.9 Å². The Morgan fingerprint density at radius 1 is 0.875 bits per heavy atom. The molecule has 1 atom stereocenters. The summed E-state index contributed by atoms with van der Waals surface area (Å²) in [6, 6.07) is 6.01. The Kier molecular flexibility index (Phi) is 7.24. The lowest BCUT2D eigenvalue weighted by molar-refractivity contribution is 0.116. The first kappa shape index (κ1) is 17.6. The normalized spacial score (nSPS) is 18.1. The molecule has 0 bridgehead atoms. The molecule has 2 heterocycles. The zero-order valence-corrected chi connectivity index (χ0v) is 14.6. The highest BCUT2D eigenvalue weighted by Crippen LogP contribution is 2.32. The fourth-order valence-electron chi connectivity index (χ4n) is 3.09. The maximum Gasteiger partial charge on any atom is 0.231 e. The van der Waals surface area contributed by atoms with Crippen molar-refractivity contribution < 1.29 is 18.9 Å². The molecule has 0 spiro atoms. The van der Waals surface area contributed by atoms with Crippen molar-refractivity contribution in [3.63, 3.8) is 0 Å². The van der Waals surface area contributed by atoms with Crippen molar-refractivity contribution in [1.82, 2.24) is 0 Å². The van der Waals surface area contributed by atoms with E-state index in [-0.39, 0.29) is 0 Å². The van der Waals surface area contributed by atoms with Gasteiger partial charge in [-0.25, -0.2) is 0 Å². The van der Waals surface area contributed by atoms with Gasteiger partial charge in [0.25, 0.3) is 0 Å². The van der Waals surface area contributed by atoms with Crippen LogP contribution in [0.1, 0.15) is 63.4 Å². The molecule has 4 heteroatoms. The van der Waals surface area contributed by atoms with Gasteiger partial charge in [0.2, 0.25) is 6.79 Å². The number of unbranched alkanes of at least 4 members (excludes halogenated alkanes) is 7. The Hall–Kier alpha value is -1.26. The van der Waals surface area contributed by atoms with Gasteiger partial charge in [0.1, 0.15) is 0 Å². The Morgan fingerprint density at radius 3 is 2.38 bits per heavy atom. The summed E-state index contributed by atoms with van der Waals surface area (Å²) in [6.07, 6.45) is 12.5. The maximum absolute atomic E-state index is 5.76. The van der Waals surface area contributed by atoms with Gasteiger partial charge >= 0.3 is 0 Å². The molecular weight excluding hydrogens is 304 g/mol. The van der Waals surface area contributed by atoms with Gasteiger partial charge in [-0.05, 0) is 30.5 Å². The van der Waals surface area contributed by atoms with E-state index in [2.05, 4.69) is 0 Å². The summed E-state index contributed by atoms with van der Waals surface area (Å²) in [6.45, 7) is 2.84. The van der Waals surface area contributed by atoms with Gasteiger partial charge in [-0.3, -0.25) is 0 Å². The Morgan fingerprint density at radius 2 is 1.58 bits per heavy atom. The average molecular weight is 334 g/mol. The summed E-state index contributed by atoms with van der Waals surface area (Å²) >= 11 is 0. The molecule has 1 unspecified atom stereocenters. The highest BCUT2D eigenvalue weighted by atomic mass is 16.7. The van der Waals surface area contributed by atoms with Crippen molar-refractivity contribution in [3.8, 4) is 11.5 Å². The largest absolute Gasteiger partial charge is 0.454 e. The second-order valence-electron chi connectivity index (χ2n) is 6.81. The maximum atomic E-state index is 5.76. The molecule has 3 rings (SSSR count). The minimum absolute atomic E-state index is 0.328. The predicted octanol–water partition coefficient (Wildman–Crippen LogP) is 4.84. The lowest BCUT2D eigenvalue weighted by Gasteiger charge is -2.06. The summed E-state index contributed by atoms with van der Waals surface area (Å²) in [4.78, 5) is 0. The van der Waals surface area contributed by atoms with E-state index in [1.165, 1.54) is 51.4 Å². The Labute approximate surface area is 145 Å². The molecule has 0 saturated carbocycles. The minimum Gasteiger partial charge on any atom is -0.454 e. The first-order valence-electron chi connectivity index (χ1n) is 9.50. The van der Waals surface area contributed by atoms with E-state index in [1.807, 2.05) is 18.2 Å². The van der Waals surface area contributed by atoms with E-state index in [0.717, 1.165) is 36.7 Å². The number of hydrogen-bond acceptors (Lipinski definition) is 4. The smallest absolute Gasteiger partial charge is 0.231 e. The van der Waals surface area contributed by atoms with Gasteiger partial charge in [0.15, 0.2) is 11.5 Å². The van der Waals surface area contributed by atoms with Crippen LogP contribution in [0.4, 0.5) is 0 Å². The van der Waals surface area contributed by atoms with Crippen molar-refractivity contribution >= 4 is 0 Å². The molecular formula is C20H30O4. The highest BCUT2D eigenvalue weighted by molar-refractivity contribution is 5.44. The lowest BCUT2D eigenvalue weighted by atomic mass is 10.1. The molecule has 24 heavy (non-hydrogen) atoms. The van der Waals surface area contributed by atoms with Crippen molar-refractivity contribution in [2.24, 2.45) is 0 Å². The number of rotatable bonds is 13. The van der Waals surface area contributed by atoms with Crippen LogP contribution in [-0.2, 0) is 16.1 Å². The number of fused-ring (bicyclic) bond motifs is 1. The van der Waals surface area contributed by atoms with E-state index in [0.29, 0.717) is 19.5 Å². The molecule has 4 nitrogen and oxygen atoms in total. The van der Waals surface area contributed by atoms with Crippen molar-refractivity contribution in [2.45, 2.75) is 70.5 Å². The molecule has 0 aliphatic carbocycles. The molecule has 2 aliphatic heterocycles. The van der Waals surface area contributed by atoms with Gasteiger partial charge in [0.05, 0.1) is 19.3 Å². The second-order valence-corrected chi connectivity index (χ2v) is 6.81. The van der Waals surface area contributed by atoms with E-state index >= 15 is 0 Å². The summed E-state index contributed by atoms with van der Waals surface area (Å²) < 4.78 is 21.7. The topological polar surface area (TPSA) is 40.2 Å². The molecule has 0 aromatic heterocycles. The average Bonchev–Trinajstić information content (AvgIpc) is 3.30. The molecule has 2 aliphatic rings. The Bertz CT molecular complexity index is 485. The van der Waals surface area contributed by atoms with Crippen LogP contribution >= 0.6 is 0 Å². The monoisotopic (exact) mass is 334 g/mol. The SMILES string of the molecule is c1cc2c(cc1COCCCCCCCCCCC1CO1)OCO2. The molecule has 1 aromatic carbocycles. The highest BCUT2D eigenvalue weighted by Gasteiger charge is 2.20. The molecule has 1 fully saturated rings. The van der Waals surface area contributed by atoms with Crippen molar-refractivity contribution in [1.29, 1.82) is 0 Å². The molecule has 0 amide bonds. The van der Waals surface area contributed by atoms with Gasteiger partial charge in [-0.2, -0.15) is 0 Å². The van der Waals surface area contributed by atoms with Gasteiger partial charge in [-0.15, -0.1) is 0 Å². The number of benzene rings is 1. The fraction of sp³-hybridized carbons (Fsp3) is 0.700. The fourth-order valence-corrected chi connectivity index (χ4v) is 3.09. The molecule has 1 aromatic rings. The summed E-state index contributed by atoms with van der Waals surface area (Å²) in [5.74, 6) is 1.67. The third-order valence-electron chi connectivity index (χ3n) is 4.67. The first-order valence-corrected chi connectivity index (χ1v) is 9.50. The quantitative estimate of drug-likeness (QED) is 0.382.